The lowest BCUT2D eigenvalue weighted by Gasteiger charge is -2.09. The number of benzene rings is 1. The van der Waals surface area contributed by atoms with Crippen molar-refractivity contribution < 1.29 is 14.4 Å². The number of oxime groups is 1. The highest BCUT2D eigenvalue weighted by Gasteiger charge is 2.30. The number of carbonyl (C=O) groups excluding carboxylic acids is 2. The molecule has 0 aliphatic carbocycles. The largest absolute Gasteiger partial charge is 0.382 e. The summed E-state index contributed by atoms with van der Waals surface area (Å²) < 4.78 is 2.34. The Hall–Kier alpha value is -2.68. The molecule has 1 unspecified atom stereocenters. The third-order valence-electron chi connectivity index (χ3n) is 3.75. The van der Waals surface area contributed by atoms with Crippen LogP contribution in [0.25, 0.3) is 0 Å². The van der Waals surface area contributed by atoms with Crippen LogP contribution in [0, 0.1) is 0 Å². The smallest absolute Gasteiger partial charge is 0.269 e. The standard InChI is InChI=1S/C16H16BrN5O3/c1-2-22-14(15(18)23)12(8-19-22)20-16(24)13-7-11(21-25-13)9-4-3-5-10(17)6-9/h3-6,8,13H,2,7H2,1H3,(H2,18,23)(H,20,24). The van der Waals surface area contributed by atoms with Crippen LogP contribution in [0.3, 0.4) is 0 Å². The zero-order valence-electron chi connectivity index (χ0n) is 13.4. The van der Waals surface area contributed by atoms with Crippen LogP contribution >= 0.6 is 15.9 Å². The van der Waals surface area contributed by atoms with Crippen LogP contribution < -0.4 is 11.1 Å². The first kappa shape index (κ1) is 17.2. The van der Waals surface area contributed by atoms with Gasteiger partial charge in [0.2, 0.25) is 6.10 Å². The third kappa shape index (κ3) is 3.55. The Balaban J connectivity index is 1.70. The van der Waals surface area contributed by atoms with Crippen LogP contribution in [0.1, 0.15) is 29.4 Å². The van der Waals surface area contributed by atoms with Gasteiger partial charge in [0.1, 0.15) is 5.69 Å². The van der Waals surface area contributed by atoms with E-state index in [4.69, 9.17) is 10.6 Å². The molecule has 2 aromatic rings. The van der Waals surface area contributed by atoms with Gasteiger partial charge >= 0.3 is 0 Å². The Kier molecular flexibility index (Phi) is 4.84. The van der Waals surface area contributed by atoms with E-state index in [1.54, 1.807) is 0 Å². The van der Waals surface area contributed by atoms with E-state index in [0.717, 1.165) is 10.0 Å². The van der Waals surface area contributed by atoms with Crippen molar-refractivity contribution in [1.29, 1.82) is 0 Å². The molecule has 0 saturated carbocycles. The summed E-state index contributed by atoms with van der Waals surface area (Å²) >= 11 is 3.40. The van der Waals surface area contributed by atoms with Gasteiger partial charge in [-0.2, -0.15) is 5.10 Å². The fourth-order valence-corrected chi connectivity index (χ4v) is 2.95. The predicted molar refractivity (Wildman–Crippen MR) is 95.2 cm³/mol. The van der Waals surface area contributed by atoms with E-state index >= 15 is 0 Å². The highest BCUT2D eigenvalue weighted by molar-refractivity contribution is 9.10. The van der Waals surface area contributed by atoms with Crippen LogP contribution in [0.2, 0.25) is 0 Å². The molecular formula is C16H16BrN5O3. The lowest BCUT2D eigenvalue weighted by atomic mass is 10.0. The average Bonchev–Trinajstić information content (AvgIpc) is 3.21. The maximum absolute atomic E-state index is 12.4. The van der Waals surface area contributed by atoms with Crippen LogP contribution in [0.5, 0.6) is 0 Å². The first-order chi connectivity index (χ1) is 12.0. The second kappa shape index (κ2) is 7.06. The zero-order chi connectivity index (χ0) is 18.0. The summed E-state index contributed by atoms with van der Waals surface area (Å²) in [5.41, 5.74) is 7.34. The molecular weight excluding hydrogens is 390 g/mol. The van der Waals surface area contributed by atoms with Crippen molar-refractivity contribution in [2.24, 2.45) is 10.9 Å². The molecule has 0 radical (unpaired) electrons. The number of aryl methyl sites for hydroxylation is 1. The summed E-state index contributed by atoms with van der Waals surface area (Å²) in [5, 5.41) is 10.7. The normalized spacial score (nSPS) is 16.2. The Morgan fingerprint density at radius 2 is 2.28 bits per heavy atom. The lowest BCUT2D eigenvalue weighted by molar-refractivity contribution is -0.125. The van der Waals surface area contributed by atoms with E-state index in [0.29, 0.717) is 18.7 Å². The molecule has 3 N–H and O–H groups in total. The van der Waals surface area contributed by atoms with Gasteiger partial charge in [-0.3, -0.25) is 14.3 Å². The second-order valence-corrected chi connectivity index (χ2v) is 6.34. The van der Waals surface area contributed by atoms with Gasteiger partial charge in [0, 0.05) is 23.0 Å². The Morgan fingerprint density at radius 1 is 1.48 bits per heavy atom. The van der Waals surface area contributed by atoms with Crippen LogP contribution in [0.4, 0.5) is 5.69 Å². The van der Waals surface area contributed by atoms with E-state index in [-0.39, 0.29) is 11.4 Å². The highest BCUT2D eigenvalue weighted by atomic mass is 79.9. The maximum atomic E-state index is 12.4. The molecule has 1 aromatic heterocycles. The van der Waals surface area contributed by atoms with E-state index in [1.807, 2.05) is 31.2 Å². The van der Waals surface area contributed by atoms with Crippen LogP contribution in [-0.4, -0.2) is 33.4 Å². The monoisotopic (exact) mass is 405 g/mol. The number of hydrogen-bond acceptors (Lipinski definition) is 5. The molecule has 1 aliphatic rings. The molecule has 8 nitrogen and oxygen atoms in total. The number of nitrogens with one attached hydrogen (secondary N) is 1. The van der Waals surface area contributed by atoms with Gasteiger partial charge in [0.05, 0.1) is 17.6 Å². The van der Waals surface area contributed by atoms with Crippen molar-refractivity contribution in [2.75, 3.05) is 5.32 Å². The SMILES string of the molecule is CCn1ncc(NC(=O)C2CC(c3cccc(Br)c3)=NO2)c1C(N)=O. The van der Waals surface area contributed by atoms with Gasteiger partial charge in [-0.25, -0.2) is 0 Å². The number of rotatable bonds is 5. The summed E-state index contributed by atoms with van der Waals surface area (Å²) in [7, 11) is 0. The molecule has 0 saturated heterocycles. The topological polar surface area (TPSA) is 112 Å². The third-order valence-corrected chi connectivity index (χ3v) is 4.24. The predicted octanol–water partition coefficient (Wildman–Crippen LogP) is 1.90. The molecule has 1 aliphatic heterocycles. The summed E-state index contributed by atoms with van der Waals surface area (Å²) in [6.45, 7) is 2.29. The molecule has 2 heterocycles. The number of anilines is 1. The van der Waals surface area contributed by atoms with Gasteiger partial charge in [-0.05, 0) is 19.1 Å². The Bertz CT molecular complexity index is 861. The van der Waals surface area contributed by atoms with Gasteiger partial charge in [0.25, 0.3) is 11.8 Å². The molecule has 0 spiro atoms. The van der Waals surface area contributed by atoms with Crippen LogP contribution in [-0.2, 0) is 16.2 Å². The number of nitrogens with zero attached hydrogens (tertiary/aromatic N) is 3. The molecule has 9 heteroatoms. The van der Waals surface area contributed by atoms with Gasteiger partial charge < -0.3 is 15.9 Å². The summed E-state index contributed by atoms with van der Waals surface area (Å²) in [4.78, 5) is 29.3. The molecule has 0 bridgehead atoms. The number of hydrogen-bond donors (Lipinski definition) is 2. The van der Waals surface area contributed by atoms with Gasteiger partial charge in [-0.15, -0.1) is 0 Å². The van der Waals surface area contributed by atoms with Crippen molar-refractivity contribution >= 4 is 39.1 Å². The molecule has 2 amide bonds. The maximum Gasteiger partial charge on any atom is 0.269 e. The van der Waals surface area contributed by atoms with E-state index < -0.39 is 17.9 Å². The van der Waals surface area contributed by atoms with Crippen LogP contribution in [0.15, 0.2) is 40.1 Å². The first-order valence-electron chi connectivity index (χ1n) is 7.64. The minimum Gasteiger partial charge on any atom is -0.382 e. The number of halogens is 1. The average molecular weight is 406 g/mol. The van der Waals surface area contributed by atoms with Gasteiger partial charge in [-0.1, -0.05) is 33.2 Å². The fraction of sp³-hybridized carbons (Fsp3) is 0.250. The lowest BCUT2D eigenvalue weighted by Crippen LogP contribution is -2.29. The van der Waals surface area contributed by atoms with E-state index in [2.05, 4.69) is 31.5 Å². The fourth-order valence-electron chi connectivity index (χ4n) is 2.55. The van der Waals surface area contributed by atoms with E-state index in [9.17, 15) is 9.59 Å². The highest BCUT2D eigenvalue weighted by Crippen LogP contribution is 2.22. The first-order valence-corrected chi connectivity index (χ1v) is 8.44. The zero-order valence-corrected chi connectivity index (χ0v) is 15.0. The molecule has 0 fully saturated rings. The van der Waals surface area contributed by atoms with Crippen molar-refractivity contribution in [1.82, 2.24) is 9.78 Å². The molecule has 130 valence electrons. The van der Waals surface area contributed by atoms with Crippen molar-refractivity contribution in [3.05, 3.63) is 46.2 Å². The summed E-state index contributed by atoms with van der Waals surface area (Å²) in [5.74, 6) is -1.07. The quantitative estimate of drug-likeness (QED) is 0.790. The number of aromatic nitrogens is 2. The number of carbonyl (C=O) groups is 2. The van der Waals surface area contributed by atoms with E-state index in [1.165, 1.54) is 10.9 Å². The summed E-state index contributed by atoms with van der Waals surface area (Å²) in [6.07, 6.45) is 0.947. The molecule has 3 rings (SSSR count). The molecule has 25 heavy (non-hydrogen) atoms. The van der Waals surface area contributed by atoms with Gasteiger partial charge in [0.15, 0.2) is 0 Å². The Labute approximate surface area is 152 Å². The number of nitrogens with two attached hydrogens (primary N) is 1. The minimum atomic E-state index is -0.778. The number of primary amides is 1. The summed E-state index contributed by atoms with van der Waals surface area (Å²) in [6, 6.07) is 7.58. The van der Waals surface area contributed by atoms with Crippen molar-refractivity contribution in [2.45, 2.75) is 26.0 Å². The Morgan fingerprint density at radius 3 is 2.96 bits per heavy atom. The van der Waals surface area contributed by atoms with Crippen molar-refractivity contribution in [3.63, 3.8) is 0 Å². The molecule has 1 atom stereocenters. The second-order valence-electron chi connectivity index (χ2n) is 5.42. The minimum absolute atomic E-state index is 0.155. The van der Waals surface area contributed by atoms with Crippen molar-refractivity contribution in [3.8, 4) is 0 Å². The number of amides is 2. The molecule has 1 aromatic carbocycles.